The first kappa shape index (κ1) is 29.7. The molecule has 0 radical (unpaired) electrons. The fourth-order valence-electron chi connectivity index (χ4n) is 5.37. The molecule has 10 heteroatoms. The first-order valence-corrected chi connectivity index (χ1v) is 15.0. The standard InChI is InChI=1S/C32H33F3N4O2S/c1-3-41-27(40)18-21-12-14-23(15-13-21)30-39-28(24-10-7-11-25(19-24)32(33,34)35)29(42-30)26-16-17-36-31(38-26)37-20(2)22-8-5-4-6-9-22/h4-11,16-17,19-21,23H,3,12-15,18H2,1-2H3,(H,36,37,38). The third-order valence-corrected chi connectivity index (χ3v) is 8.84. The van der Waals surface area contributed by atoms with Gasteiger partial charge in [0, 0.05) is 24.1 Å². The number of nitrogens with zero attached hydrogens (tertiary/aromatic N) is 3. The fraction of sp³-hybridized carbons (Fsp3) is 0.375. The van der Waals surface area contributed by atoms with E-state index in [1.54, 1.807) is 25.3 Å². The number of aromatic nitrogens is 3. The van der Waals surface area contributed by atoms with Crippen LogP contribution in [0, 0.1) is 5.92 Å². The molecular weight excluding hydrogens is 561 g/mol. The number of hydrogen-bond acceptors (Lipinski definition) is 7. The number of anilines is 1. The molecule has 2 aromatic heterocycles. The minimum Gasteiger partial charge on any atom is -0.466 e. The van der Waals surface area contributed by atoms with Crippen molar-refractivity contribution in [1.82, 2.24) is 15.0 Å². The van der Waals surface area contributed by atoms with E-state index in [1.807, 2.05) is 37.3 Å². The van der Waals surface area contributed by atoms with Crippen LogP contribution in [0.4, 0.5) is 19.1 Å². The molecule has 0 amide bonds. The lowest BCUT2D eigenvalue weighted by Gasteiger charge is -2.26. The van der Waals surface area contributed by atoms with Gasteiger partial charge in [-0.2, -0.15) is 13.2 Å². The summed E-state index contributed by atoms with van der Waals surface area (Å²) in [5, 5.41) is 4.20. The third-order valence-electron chi connectivity index (χ3n) is 7.60. The van der Waals surface area contributed by atoms with Crippen LogP contribution in [0.3, 0.4) is 0 Å². The van der Waals surface area contributed by atoms with Crippen LogP contribution < -0.4 is 5.32 Å². The molecule has 1 atom stereocenters. The minimum absolute atomic E-state index is 0.0498. The third kappa shape index (κ3) is 7.15. The van der Waals surface area contributed by atoms with E-state index in [0.29, 0.717) is 40.8 Å². The van der Waals surface area contributed by atoms with Crippen LogP contribution in [0.5, 0.6) is 0 Å². The number of alkyl halides is 3. The van der Waals surface area contributed by atoms with Gasteiger partial charge in [-0.15, -0.1) is 11.3 Å². The molecule has 0 bridgehead atoms. The van der Waals surface area contributed by atoms with Crippen LogP contribution in [0.15, 0.2) is 66.9 Å². The van der Waals surface area contributed by atoms with Crippen molar-refractivity contribution in [3.8, 4) is 21.8 Å². The van der Waals surface area contributed by atoms with Crippen molar-refractivity contribution in [2.75, 3.05) is 11.9 Å². The highest BCUT2D eigenvalue weighted by molar-refractivity contribution is 7.15. The number of ether oxygens (including phenoxy) is 1. The highest BCUT2D eigenvalue weighted by atomic mass is 32.1. The second-order valence-electron chi connectivity index (χ2n) is 10.6. The van der Waals surface area contributed by atoms with Gasteiger partial charge in [-0.25, -0.2) is 15.0 Å². The van der Waals surface area contributed by atoms with Crippen molar-refractivity contribution >= 4 is 23.3 Å². The van der Waals surface area contributed by atoms with Gasteiger partial charge in [0.15, 0.2) is 0 Å². The molecule has 0 saturated heterocycles. The SMILES string of the molecule is CCOC(=O)CC1CCC(c2nc(-c3cccc(C(F)(F)F)c3)c(-c3ccnc(NC(C)c4ccccc4)n3)s2)CC1. The Bertz CT molecular complexity index is 1500. The molecule has 5 rings (SSSR count). The molecule has 1 saturated carbocycles. The molecule has 0 aliphatic heterocycles. The Morgan fingerprint density at radius 2 is 1.81 bits per heavy atom. The van der Waals surface area contributed by atoms with Gasteiger partial charge in [-0.1, -0.05) is 42.5 Å². The maximum Gasteiger partial charge on any atom is 0.416 e. The first-order valence-electron chi connectivity index (χ1n) is 14.2. The fourth-order valence-corrected chi connectivity index (χ4v) is 6.59. The number of halogens is 3. The van der Waals surface area contributed by atoms with Crippen molar-refractivity contribution in [1.29, 1.82) is 0 Å². The summed E-state index contributed by atoms with van der Waals surface area (Å²) in [6.45, 7) is 4.19. The molecule has 4 aromatic rings. The maximum atomic E-state index is 13.6. The summed E-state index contributed by atoms with van der Waals surface area (Å²) in [7, 11) is 0. The molecule has 1 aliphatic rings. The Morgan fingerprint density at radius 1 is 1.05 bits per heavy atom. The summed E-state index contributed by atoms with van der Waals surface area (Å²) in [6, 6.07) is 16.9. The van der Waals surface area contributed by atoms with E-state index in [2.05, 4.69) is 10.3 Å². The van der Waals surface area contributed by atoms with E-state index in [9.17, 15) is 18.0 Å². The van der Waals surface area contributed by atoms with Crippen molar-refractivity contribution < 1.29 is 22.7 Å². The van der Waals surface area contributed by atoms with E-state index >= 15 is 0 Å². The van der Waals surface area contributed by atoms with Crippen molar-refractivity contribution in [2.45, 2.75) is 64.1 Å². The van der Waals surface area contributed by atoms with Gasteiger partial charge in [0.1, 0.15) is 0 Å². The van der Waals surface area contributed by atoms with Crippen LogP contribution >= 0.6 is 11.3 Å². The molecule has 2 aromatic carbocycles. The first-order chi connectivity index (χ1) is 20.2. The van der Waals surface area contributed by atoms with Crippen LogP contribution in [0.25, 0.3) is 21.8 Å². The van der Waals surface area contributed by atoms with Crippen molar-refractivity contribution in [2.24, 2.45) is 5.92 Å². The average molecular weight is 595 g/mol. The molecule has 42 heavy (non-hydrogen) atoms. The lowest BCUT2D eigenvalue weighted by atomic mass is 9.81. The van der Waals surface area contributed by atoms with E-state index in [1.165, 1.54) is 17.4 Å². The van der Waals surface area contributed by atoms with E-state index < -0.39 is 11.7 Å². The molecule has 1 fully saturated rings. The summed E-state index contributed by atoms with van der Waals surface area (Å²) < 4.78 is 46.0. The van der Waals surface area contributed by atoms with Gasteiger partial charge in [0.2, 0.25) is 5.95 Å². The number of thiazole rings is 1. The van der Waals surface area contributed by atoms with Crippen molar-refractivity contribution in [3.05, 3.63) is 83.0 Å². The highest BCUT2D eigenvalue weighted by Crippen LogP contribution is 2.44. The van der Waals surface area contributed by atoms with Crippen LogP contribution in [-0.4, -0.2) is 27.5 Å². The summed E-state index contributed by atoms with van der Waals surface area (Å²) in [6.07, 6.45) is 1.04. The number of rotatable bonds is 9. The smallest absolute Gasteiger partial charge is 0.416 e. The van der Waals surface area contributed by atoms with Gasteiger partial charge in [-0.3, -0.25) is 4.79 Å². The summed E-state index contributed by atoms with van der Waals surface area (Å²) in [5.41, 5.74) is 1.83. The molecule has 1 unspecified atom stereocenters. The molecule has 0 spiro atoms. The lowest BCUT2D eigenvalue weighted by molar-refractivity contribution is -0.144. The summed E-state index contributed by atoms with van der Waals surface area (Å²) in [4.78, 5) is 26.8. The van der Waals surface area contributed by atoms with E-state index in [0.717, 1.165) is 48.4 Å². The van der Waals surface area contributed by atoms with Crippen LogP contribution in [-0.2, 0) is 15.7 Å². The molecule has 1 aliphatic carbocycles. The minimum atomic E-state index is -4.47. The van der Waals surface area contributed by atoms with Gasteiger partial charge < -0.3 is 10.1 Å². The Labute approximate surface area is 247 Å². The predicted molar refractivity (Wildman–Crippen MR) is 158 cm³/mol. The quantitative estimate of drug-likeness (QED) is 0.195. The Balaban J connectivity index is 1.45. The molecule has 6 nitrogen and oxygen atoms in total. The Kier molecular flexibility index (Phi) is 9.21. The van der Waals surface area contributed by atoms with E-state index in [4.69, 9.17) is 14.7 Å². The van der Waals surface area contributed by atoms with Gasteiger partial charge in [0.25, 0.3) is 0 Å². The Hall–Kier alpha value is -3.79. The van der Waals surface area contributed by atoms with Gasteiger partial charge in [-0.05, 0) is 69.2 Å². The van der Waals surface area contributed by atoms with Gasteiger partial charge >= 0.3 is 12.1 Å². The normalized spacial score (nSPS) is 17.9. The number of benzene rings is 2. The average Bonchev–Trinajstić information content (AvgIpc) is 3.44. The molecule has 1 N–H and O–H groups in total. The number of nitrogens with one attached hydrogen (secondary N) is 1. The number of carbonyl (C=O) groups excluding carboxylic acids is 1. The number of carbonyl (C=O) groups is 1. The zero-order valence-corrected chi connectivity index (χ0v) is 24.3. The second kappa shape index (κ2) is 13.0. The monoisotopic (exact) mass is 594 g/mol. The maximum absolute atomic E-state index is 13.6. The summed E-state index contributed by atoms with van der Waals surface area (Å²) >= 11 is 1.47. The van der Waals surface area contributed by atoms with Crippen LogP contribution in [0.2, 0.25) is 0 Å². The second-order valence-corrected chi connectivity index (χ2v) is 11.6. The Morgan fingerprint density at radius 3 is 2.52 bits per heavy atom. The van der Waals surface area contributed by atoms with Gasteiger partial charge in [0.05, 0.1) is 39.5 Å². The van der Waals surface area contributed by atoms with Crippen molar-refractivity contribution in [3.63, 3.8) is 0 Å². The largest absolute Gasteiger partial charge is 0.466 e. The summed E-state index contributed by atoms with van der Waals surface area (Å²) in [5.74, 6) is 0.682. The van der Waals surface area contributed by atoms with E-state index in [-0.39, 0.29) is 23.8 Å². The molecular formula is C32H33F3N4O2S. The predicted octanol–water partition coefficient (Wildman–Crippen LogP) is 8.69. The highest BCUT2D eigenvalue weighted by Gasteiger charge is 2.32. The molecule has 220 valence electrons. The molecule has 2 heterocycles. The topological polar surface area (TPSA) is 77.0 Å². The number of esters is 1. The zero-order valence-electron chi connectivity index (χ0n) is 23.5. The zero-order chi connectivity index (χ0) is 29.7. The lowest BCUT2D eigenvalue weighted by Crippen LogP contribution is -2.17. The van der Waals surface area contributed by atoms with Crippen LogP contribution in [0.1, 0.15) is 74.0 Å². The number of hydrogen-bond donors (Lipinski definition) is 1.